The minimum atomic E-state index is 0.179. The fourth-order valence-corrected chi connectivity index (χ4v) is 2.43. The van der Waals surface area contributed by atoms with Crippen molar-refractivity contribution in [2.24, 2.45) is 5.92 Å². The zero-order chi connectivity index (χ0) is 11.5. The Morgan fingerprint density at radius 3 is 2.50 bits per heavy atom. The van der Waals surface area contributed by atoms with Crippen LogP contribution in [0.3, 0.4) is 0 Å². The van der Waals surface area contributed by atoms with Crippen molar-refractivity contribution in [2.75, 3.05) is 6.61 Å². The van der Waals surface area contributed by atoms with Crippen molar-refractivity contribution >= 4 is 5.78 Å². The largest absolute Gasteiger partial charge is 0.494 e. The molecule has 16 heavy (non-hydrogen) atoms. The quantitative estimate of drug-likeness (QED) is 0.779. The first kappa shape index (κ1) is 11.2. The number of Topliss-reactive ketones (excluding diaryl/α,β-unsaturated/α-hetero) is 1. The first-order valence-electron chi connectivity index (χ1n) is 5.98. The SMILES string of the molecule is CCOc1ccc(C2CCC(=O)C2C)cc1. The smallest absolute Gasteiger partial charge is 0.136 e. The Morgan fingerprint density at radius 1 is 1.31 bits per heavy atom. The van der Waals surface area contributed by atoms with E-state index in [-0.39, 0.29) is 5.92 Å². The average molecular weight is 218 g/mol. The monoisotopic (exact) mass is 218 g/mol. The predicted octanol–water partition coefficient (Wildman–Crippen LogP) is 3.17. The molecule has 0 heterocycles. The Labute approximate surface area is 96.6 Å². The van der Waals surface area contributed by atoms with Crippen LogP contribution in [-0.4, -0.2) is 12.4 Å². The molecule has 2 unspecified atom stereocenters. The van der Waals surface area contributed by atoms with Crippen molar-refractivity contribution in [1.82, 2.24) is 0 Å². The third-order valence-electron chi connectivity index (χ3n) is 3.43. The van der Waals surface area contributed by atoms with E-state index in [0.29, 0.717) is 18.3 Å². The van der Waals surface area contributed by atoms with E-state index < -0.39 is 0 Å². The molecule has 86 valence electrons. The lowest BCUT2D eigenvalue weighted by Gasteiger charge is -2.14. The van der Waals surface area contributed by atoms with Crippen LogP contribution < -0.4 is 4.74 Å². The first-order valence-corrected chi connectivity index (χ1v) is 5.98. The van der Waals surface area contributed by atoms with Gasteiger partial charge in [-0.25, -0.2) is 0 Å². The van der Waals surface area contributed by atoms with Crippen molar-refractivity contribution in [1.29, 1.82) is 0 Å². The van der Waals surface area contributed by atoms with Gasteiger partial charge in [0.05, 0.1) is 6.61 Å². The molecule has 1 saturated carbocycles. The maximum atomic E-state index is 11.5. The number of benzene rings is 1. The highest BCUT2D eigenvalue weighted by Crippen LogP contribution is 2.37. The molecule has 1 aromatic carbocycles. The van der Waals surface area contributed by atoms with Crippen molar-refractivity contribution in [2.45, 2.75) is 32.6 Å². The van der Waals surface area contributed by atoms with Crippen molar-refractivity contribution in [3.63, 3.8) is 0 Å². The summed E-state index contributed by atoms with van der Waals surface area (Å²) in [6.45, 7) is 4.71. The zero-order valence-electron chi connectivity index (χ0n) is 9.90. The predicted molar refractivity (Wildman–Crippen MR) is 63.8 cm³/mol. The van der Waals surface area contributed by atoms with Gasteiger partial charge in [0.1, 0.15) is 11.5 Å². The van der Waals surface area contributed by atoms with Gasteiger partial charge in [-0.3, -0.25) is 4.79 Å². The lowest BCUT2D eigenvalue weighted by Crippen LogP contribution is -2.08. The molecule has 1 fully saturated rings. The highest BCUT2D eigenvalue weighted by Gasteiger charge is 2.31. The molecular weight excluding hydrogens is 200 g/mol. The second-order valence-corrected chi connectivity index (χ2v) is 4.40. The third-order valence-corrected chi connectivity index (χ3v) is 3.43. The summed E-state index contributed by atoms with van der Waals surface area (Å²) < 4.78 is 5.40. The Hall–Kier alpha value is -1.31. The van der Waals surface area contributed by atoms with Gasteiger partial charge in [0.25, 0.3) is 0 Å². The normalized spacial score (nSPS) is 24.8. The van der Waals surface area contributed by atoms with E-state index in [1.165, 1.54) is 5.56 Å². The summed E-state index contributed by atoms with van der Waals surface area (Å²) in [7, 11) is 0. The summed E-state index contributed by atoms with van der Waals surface area (Å²) in [4.78, 5) is 11.5. The average Bonchev–Trinajstić information content (AvgIpc) is 2.62. The highest BCUT2D eigenvalue weighted by molar-refractivity contribution is 5.84. The number of carbonyl (C=O) groups is 1. The molecule has 1 aliphatic rings. The van der Waals surface area contributed by atoms with Crippen LogP contribution in [0.1, 0.15) is 38.2 Å². The molecule has 2 atom stereocenters. The second kappa shape index (κ2) is 4.69. The molecule has 0 amide bonds. The molecule has 0 aromatic heterocycles. The van der Waals surface area contributed by atoms with Gasteiger partial charge in [-0.05, 0) is 37.0 Å². The number of hydrogen-bond acceptors (Lipinski definition) is 2. The van der Waals surface area contributed by atoms with E-state index in [2.05, 4.69) is 12.1 Å². The number of hydrogen-bond donors (Lipinski definition) is 0. The van der Waals surface area contributed by atoms with Gasteiger partial charge in [-0.2, -0.15) is 0 Å². The van der Waals surface area contributed by atoms with Crippen LogP contribution in [0.4, 0.5) is 0 Å². The standard InChI is InChI=1S/C14H18O2/c1-3-16-12-6-4-11(5-7-12)13-8-9-14(15)10(13)2/h4-7,10,13H,3,8-9H2,1-2H3. The Balaban J connectivity index is 2.13. The van der Waals surface area contributed by atoms with Crippen LogP contribution in [0.5, 0.6) is 5.75 Å². The Kier molecular flexibility index (Phi) is 3.28. The van der Waals surface area contributed by atoms with Gasteiger partial charge in [0, 0.05) is 12.3 Å². The van der Waals surface area contributed by atoms with Gasteiger partial charge in [0.2, 0.25) is 0 Å². The lowest BCUT2D eigenvalue weighted by molar-refractivity contribution is -0.120. The second-order valence-electron chi connectivity index (χ2n) is 4.40. The van der Waals surface area contributed by atoms with Crippen molar-refractivity contribution in [3.05, 3.63) is 29.8 Å². The van der Waals surface area contributed by atoms with Crippen LogP contribution in [0.2, 0.25) is 0 Å². The topological polar surface area (TPSA) is 26.3 Å². The molecule has 2 heteroatoms. The fourth-order valence-electron chi connectivity index (χ4n) is 2.43. The minimum absolute atomic E-state index is 0.179. The van der Waals surface area contributed by atoms with Crippen molar-refractivity contribution < 1.29 is 9.53 Å². The number of carbonyl (C=O) groups excluding carboxylic acids is 1. The summed E-state index contributed by atoms with van der Waals surface area (Å²) in [5.41, 5.74) is 1.27. The van der Waals surface area contributed by atoms with Gasteiger partial charge >= 0.3 is 0 Å². The van der Waals surface area contributed by atoms with Gasteiger partial charge in [0.15, 0.2) is 0 Å². The number of rotatable bonds is 3. The maximum Gasteiger partial charge on any atom is 0.136 e. The van der Waals surface area contributed by atoms with Gasteiger partial charge in [-0.15, -0.1) is 0 Å². The lowest BCUT2D eigenvalue weighted by atomic mass is 9.90. The molecule has 0 saturated heterocycles. The van der Waals surface area contributed by atoms with Crippen LogP contribution >= 0.6 is 0 Å². The molecule has 2 rings (SSSR count). The number of ether oxygens (including phenoxy) is 1. The van der Waals surface area contributed by atoms with E-state index >= 15 is 0 Å². The summed E-state index contributed by atoms with van der Waals surface area (Å²) in [6.07, 6.45) is 1.73. The van der Waals surface area contributed by atoms with E-state index in [1.807, 2.05) is 26.0 Å². The summed E-state index contributed by atoms with van der Waals surface area (Å²) in [5.74, 6) is 1.89. The maximum absolute atomic E-state index is 11.5. The molecular formula is C14H18O2. The summed E-state index contributed by atoms with van der Waals surface area (Å²) >= 11 is 0. The van der Waals surface area contributed by atoms with Crippen LogP contribution in [0, 0.1) is 5.92 Å². The zero-order valence-corrected chi connectivity index (χ0v) is 9.90. The Morgan fingerprint density at radius 2 is 2.00 bits per heavy atom. The van der Waals surface area contributed by atoms with Gasteiger partial charge in [-0.1, -0.05) is 19.1 Å². The van der Waals surface area contributed by atoms with E-state index in [0.717, 1.165) is 18.6 Å². The molecule has 0 N–H and O–H groups in total. The minimum Gasteiger partial charge on any atom is -0.494 e. The molecule has 0 spiro atoms. The Bertz CT molecular complexity index is 367. The van der Waals surface area contributed by atoms with Crippen molar-refractivity contribution in [3.8, 4) is 5.75 Å². The molecule has 0 bridgehead atoms. The first-order chi connectivity index (χ1) is 7.72. The van der Waals surface area contributed by atoms with Crippen LogP contribution in [-0.2, 0) is 4.79 Å². The van der Waals surface area contributed by atoms with Crippen LogP contribution in [0.15, 0.2) is 24.3 Å². The fraction of sp³-hybridized carbons (Fsp3) is 0.500. The summed E-state index contributed by atoms with van der Waals surface area (Å²) in [6, 6.07) is 8.16. The van der Waals surface area contributed by atoms with E-state index in [1.54, 1.807) is 0 Å². The number of ketones is 1. The van der Waals surface area contributed by atoms with Gasteiger partial charge < -0.3 is 4.74 Å². The highest BCUT2D eigenvalue weighted by atomic mass is 16.5. The third kappa shape index (κ3) is 2.11. The van der Waals surface area contributed by atoms with E-state index in [4.69, 9.17) is 4.74 Å². The molecule has 1 aliphatic carbocycles. The molecule has 2 nitrogen and oxygen atoms in total. The van der Waals surface area contributed by atoms with Crippen LogP contribution in [0.25, 0.3) is 0 Å². The molecule has 0 aliphatic heterocycles. The summed E-state index contributed by atoms with van der Waals surface area (Å²) in [5, 5.41) is 0. The van der Waals surface area contributed by atoms with E-state index in [9.17, 15) is 4.79 Å². The molecule has 0 radical (unpaired) electrons. The molecule has 1 aromatic rings.